The molecule has 1 heterocycles. The molecule has 3 heteroatoms. The van der Waals surface area contributed by atoms with Gasteiger partial charge in [0.05, 0.1) is 0 Å². The first kappa shape index (κ1) is 12.2. The van der Waals surface area contributed by atoms with Gasteiger partial charge in [-0.2, -0.15) is 0 Å². The number of hydrogen-bond donors (Lipinski definition) is 1. The maximum atomic E-state index is 11.3. The Bertz CT molecular complexity index is 271. The highest BCUT2D eigenvalue weighted by molar-refractivity contribution is 5.74. The Morgan fingerprint density at radius 3 is 2.67 bits per heavy atom. The lowest BCUT2D eigenvalue weighted by molar-refractivity contribution is -0.150. The first-order valence-electron chi connectivity index (χ1n) is 5.46. The number of nitrogens with zero attached hydrogens (tertiary/aromatic N) is 1. The van der Waals surface area contributed by atoms with Crippen molar-refractivity contribution in [1.82, 2.24) is 4.90 Å². The van der Waals surface area contributed by atoms with Crippen LogP contribution in [-0.2, 0) is 4.79 Å². The number of carbonyl (C=O) groups is 1. The maximum absolute atomic E-state index is 11.3. The Balaban J connectivity index is 2.84. The minimum Gasteiger partial charge on any atom is -0.480 e. The highest BCUT2D eigenvalue weighted by Crippen LogP contribution is 2.35. The van der Waals surface area contributed by atoms with E-state index in [4.69, 9.17) is 0 Å². The molecule has 0 spiro atoms. The van der Waals surface area contributed by atoms with Crippen LogP contribution in [-0.4, -0.2) is 35.1 Å². The molecule has 1 saturated heterocycles. The van der Waals surface area contributed by atoms with Gasteiger partial charge in [-0.15, -0.1) is 0 Å². The number of aliphatic carboxylic acids is 1. The molecule has 0 aromatic carbocycles. The summed E-state index contributed by atoms with van der Waals surface area (Å²) < 4.78 is 0. The summed E-state index contributed by atoms with van der Waals surface area (Å²) >= 11 is 0. The molecule has 0 aromatic rings. The summed E-state index contributed by atoms with van der Waals surface area (Å²) in [5.41, 5.74) is 0.887. The van der Waals surface area contributed by atoms with Crippen molar-refractivity contribution in [2.75, 3.05) is 13.1 Å². The van der Waals surface area contributed by atoms with E-state index in [2.05, 4.69) is 6.58 Å². The molecular weight excluding hydrogens is 190 g/mol. The van der Waals surface area contributed by atoms with Crippen molar-refractivity contribution in [2.45, 2.75) is 39.7 Å². The SMILES string of the molecule is C=C(C)CN1CCCC(C)(C)C1C(=O)O. The van der Waals surface area contributed by atoms with E-state index in [0.717, 1.165) is 25.0 Å². The van der Waals surface area contributed by atoms with Crippen LogP contribution in [0.25, 0.3) is 0 Å². The third-order valence-electron chi connectivity index (χ3n) is 3.08. The van der Waals surface area contributed by atoms with E-state index in [-0.39, 0.29) is 11.5 Å². The molecule has 0 bridgehead atoms. The molecule has 1 rings (SSSR count). The van der Waals surface area contributed by atoms with Gasteiger partial charge in [-0.25, -0.2) is 0 Å². The third kappa shape index (κ3) is 2.81. The zero-order chi connectivity index (χ0) is 11.6. The topological polar surface area (TPSA) is 40.5 Å². The van der Waals surface area contributed by atoms with Crippen molar-refractivity contribution in [3.05, 3.63) is 12.2 Å². The Morgan fingerprint density at radius 1 is 1.60 bits per heavy atom. The Labute approximate surface area is 91.8 Å². The smallest absolute Gasteiger partial charge is 0.321 e. The van der Waals surface area contributed by atoms with Gasteiger partial charge in [0.15, 0.2) is 0 Å². The summed E-state index contributed by atoms with van der Waals surface area (Å²) in [6.07, 6.45) is 2.06. The van der Waals surface area contributed by atoms with Crippen molar-refractivity contribution in [2.24, 2.45) is 5.41 Å². The monoisotopic (exact) mass is 211 g/mol. The largest absolute Gasteiger partial charge is 0.480 e. The Morgan fingerprint density at radius 2 is 2.20 bits per heavy atom. The van der Waals surface area contributed by atoms with Crippen LogP contribution in [0.1, 0.15) is 33.6 Å². The van der Waals surface area contributed by atoms with E-state index in [1.54, 1.807) is 0 Å². The summed E-state index contributed by atoms with van der Waals surface area (Å²) in [5, 5.41) is 9.29. The highest BCUT2D eigenvalue weighted by Gasteiger charge is 2.42. The Hall–Kier alpha value is -0.830. The standard InChI is InChI=1S/C12H21NO2/c1-9(2)8-13-7-5-6-12(3,4)10(13)11(14)15/h10H,1,5-8H2,2-4H3,(H,14,15). The zero-order valence-corrected chi connectivity index (χ0v) is 9.92. The second-order valence-electron chi connectivity index (χ2n) is 5.26. The summed E-state index contributed by atoms with van der Waals surface area (Å²) in [6.45, 7) is 11.4. The second kappa shape index (κ2) is 4.35. The molecule has 0 saturated carbocycles. The average molecular weight is 211 g/mol. The maximum Gasteiger partial charge on any atom is 0.321 e. The van der Waals surface area contributed by atoms with Gasteiger partial charge in [-0.05, 0) is 31.7 Å². The fourth-order valence-electron chi connectivity index (χ4n) is 2.51. The van der Waals surface area contributed by atoms with E-state index in [0.29, 0.717) is 6.54 Å². The molecule has 1 N–H and O–H groups in total. The molecule has 86 valence electrons. The van der Waals surface area contributed by atoms with Gasteiger partial charge in [0.25, 0.3) is 0 Å². The number of rotatable bonds is 3. The van der Waals surface area contributed by atoms with Crippen LogP contribution >= 0.6 is 0 Å². The fraction of sp³-hybridized carbons (Fsp3) is 0.750. The number of carboxylic acid groups (broad SMARTS) is 1. The first-order chi connectivity index (χ1) is 6.84. The zero-order valence-electron chi connectivity index (χ0n) is 9.92. The molecule has 1 fully saturated rings. The van der Waals surface area contributed by atoms with Gasteiger partial charge < -0.3 is 5.11 Å². The predicted octanol–water partition coefficient (Wildman–Crippen LogP) is 2.14. The van der Waals surface area contributed by atoms with Crippen LogP contribution in [0.15, 0.2) is 12.2 Å². The Kier molecular flexibility index (Phi) is 3.55. The molecule has 1 aliphatic heterocycles. The average Bonchev–Trinajstić information content (AvgIpc) is 1.99. The van der Waals surface area contributed by atoms with Gasteiger partial charge in [0.1, 0.15) is 6.04 Å². The van der Waals surface area contributed by atoms with Gasteiger partial charge in [0.2, 0.25) is 0 Å². The van der Waals surface area contributed by atoms with Crippen LogP contribution < -0.4 is 0 Å². The van der Waals surface area contributed by atoms with Gasteiger partial charge >= 0.3 is 5.97 Å². The lowest BCUT2D eigenvalue weighted by atomic mass is 9.76. The van der Waals surface area contributed by atoms with Crippen molar-refractivity contribution in [3.8, 4) is 0 Å². The second-order valence-corrected chi connectivity index (χ2v) is 5.26. The molecule has 0 radical (unpaired) electrons. The molecule has 1 unspecified atom stereocenters. The minimum absolute atomic E-state index is 0.139. The summed E-state index contributed by atoms with van der Waals surface area (Å²) in [6, 6.07) is -0.372. The van der Waals surface area contributed by atoms with Crippen molar-refractivity contribution >= 4 is 5.97 Å². The van der Waals surface area contributed by atoms with Gasteiger partial charge in [-0.3, -0.25) is 9.69 Å². The van der Waals surface area contributed by atoms with Crippen LogP contribution in [0.2, 0.25) is 0 Å². The molecular formula is C12H21NO2. The van der Waals surface area contributed by atoms with Gasteiger partial charge in [0, 0.05) is 6.54 Å². The van der Waals surface area contributed by atoms with Crippen LogP contribution in [0, 0.1) is 5.41 Å². The van der Waals surface area contributed by atoms with Crippen molar-refractivity contribution < 1.29 is 9.90 Å². The molecule has 1 atom stereocenters. The number of likely N-dealkylation sites (tertiary alicyclic amines) is 1. The van der Waals surface area contributed by atoms with Crippen molar-refractivity contribution in [1.29, 1.82) is 0 Å². The predicted molar refractivity (Wildman–Crippen MR) is 60.8 cm³/mol. The molecule has 1 aliphatic rings. The quantitative estimate of drug-likeness (QED) is 0.727. The van der Waals surface area contributed by atoms with Gasteiger partial charge in [-0.1, -0.05) is 26.0 Å². The lowest BCUT2D eigenvalue weighted by Crippen LogP contribution is -2.54. The minimum atomic E-state index is -0.707. The van der Waals surface area contributed by atoms with Crippen LogP contribution in [0.3, 0.4) is 0 Å². The molecule has 3 nitrogen and oxygen atoms in total. The molecule has 15 heavy (non-hydrogen) atoms. The summed E-state index contributed by atoms with van der Waals surface area (Å²) in [7, 11) is 0. The molecule has 0 aromatic heterocycles. The highest BCUT2D eigenvalue weighted by atomic mass is 16.4. The van der Waals surface area contributed by atoms with Crippen LogP contribution in [0.5, 0.6) is 0 Å². The van der Waals surface area contributed by atoms with E-state index in [1.165, 1.54) is 0 Å². The van der Waals surface area contributed by atoms with Crippen LogP contribution in [0.4, 0.5) is 0 Å². The first-order valence-corrected chi connectivity index (χ1v) is 5.46. The third-order valence-corrected chi connectivity index (χ3v) is 3.08. The van der Waals surface area contributed by atoms with E-state index < -0.39 is 5.97 Å². The summed E-state index contributed by atoms with van der Waals surface area (Å²) in [5.74, 6) is -0.707. The van der Waals surface area contributed by atoms with Crippen molar-refractivity contribution in [3.63, 3.8) is 0 Å². The van der Waals surface area contributed by atoms with E-state index in [1.807, 2.05) is 25.7 Å². The van der Waals surface area contributed by atoms with E-state index in [9.17, 15) is 9.90 Å². The summed E-state index contributed by atoms with van der Waals surface area (Å²) in [4.78, 5) is 13.3. The normalized spacial score (nSPS) is 26.2. The molecule has 0 amide bonds. The number of piperidine rings is 1. The fourth-order valence-corrected chi connectivity index (χ4v) is 2.51. The number of hydrogen-bond acceptors (Lipinski definition) is 2. The van der Waals surface area contributed by atoms with E-state index >= 15 is 0 Å². The lowest BCUT2D eigenvalue weighted by Gasteiger charge is -2.44. The molecule has 0 aliphatic carbocycles. The number of carboxylic acids is 1.